The van der Waals surface area contributed by atoms with Crippen LogP contribution in [0, 0.1) is 0 Å². The molecule has 3 aromatic rings. The molecule has 0 spiro atoms. The van der Waals surface area contributed by atoms with Crippen LogP contribution in [0.4, 0.5) is 13.2 Å². The first-order chi connectivity index (χ1) is 15.1. The Bertz CT molecular complexity index is 1120. The Labute approximate surface area is 181 Å². The van der Waals surface area contributed by atoms with Gasteiger partial charge in [0.05, 0.1) is 11.1 Å². The van der Waals surface area contributed by atoms with E-state index in [9.17, 15) is 22.8 Å². The molecule has 0 atom stereocenters. The lowest BCUT2D eigenvalue weighted by atomic mass is 9.99. The van der Waals surface area contributed by atoms with Crippen LogP contribution in [0.15, 0.2) is 67.0 Å². The summed E-state index contributed by atoms with van der Waals surface area (Å²) in [5.74, 6) is -1.49. The highest BCUT2D eigenvalue weighted by molar-refractivity contribution is 5.93. The molecule has 32 heavy (non-hydrogen) atoms. The van der Waals surface area contributed by atoms with Gasteiger partial charge in [0.15, 0.2) is 6.61 Å². The van der Waals surface area contributed by atoms with Gasteiger partial charge in [0, 0.05) is 31.5 Å². The van der Waals surface area contributed by atoms with Gasteiger partial charge in [-0.2, -0.15) is 13.2 Å². The Morgan fingerprint density at radius 2 is 1.88 bits per heavy atom. The highest BCUT2D eigenvalue weighted by Crippen LogP contribution is 2.37. The van der Waals surface area contributed by atoms with Crippen LogP contribution in [0.25, 0.3) is 11.1 Å². The fourth-order valence-electron chi connectivity index (χ4n) is 3.09. The maximum Gasteiger partial charge on any atom is 0.416 e. The van der Waals surface area contributed by atoms with Crippen molar-refractivity contribution in [3.05, 3.63) is 83.7 Å². The quantitative estimate of drug-likeness (QED) is 0.580. The number of aliphatic carboxylic acids is 1. The third kappa shape index (κ3) is 5.63. The van der Waals surface area contributed by atoms with Crippen molar-refractivity contribution in [1.82, 2.24) is 9.88 Å². The summed E-state index contributed by atoms with van der Waals surface area (Å²) in [5, 5.41) is 8.86. The molecule has 1 amide bonds. The molecule has 0 aliphatic rings. The number of nitrogens with zero attached hydrogens (tertiary/aromatic N) is 2. The predicted octanol–water partition coefficient (Wildman–Crippen LogP) is 4.50. The van der Waals surface area contributed by atoms with E-state index in [1.807, 2.05) is 0 Å². The molecular formula is C23H19F3N2O4. The van der Waals surface area contributed by atoms with Crippen molar-refractivity contribution in [2.24, 2.45) is 0 Å². The van der Waals surface area contributed by atoms with Crippen LogP contribution < -0.4 is 4.74 Å². The van der Waals surface area contributed by atoms with E-state index >= 15 is 0 Å². The number of carboxylic acids is 1. The number of amides is 1. The predicted molar refractivity (Wildman–Crippen MR) is 110 cm³/mol. The molecule has 9 heteroatoms. The second-order valence-corrected chi connectivity index (χ2v) is 6.99. The number of halogens is 3. The number of benzene rings is 2. The van der Waals surface area contributed by atoms with Gasteiger partial charge in [-0.3, -0.25) is 9.78 Å². The van der Waals surface area contributed by atoms with E-state index in [4.69, 9.17) is 9.84 Å². The van der Waals surface area contributed by atoms with Gasteiger partial charge < -0.3 is 14.7 Å². The van der Waals surface area contributed by atoms with Crippen molar-refractivity contribution in [3.8, 4) is 16.9 Å². The van der Waals surface area contributed by atoms with Crippen molar-refractivity contribution in [3.63, 3.8) is 0 Å². The summed E-state index contributed by atoms with van der Waals surface area (Å²) in [5.41, 5.74) is 0.696. The van der Waals surface area contributed by atoms with Crippen LogP contribution in [0.3, 0.4) is 0 Å². The zero-order valence-electron chi connectivity index (χ0n) is 17.0. The van der Waals surface area contributed by atoms with E-state index in [0.717, 1.165) is 18.2 Å². The Balaban J connectivity index is 1.91. The second-order valence-electron chi connectivity index (χ2n) is 6.99. The Morgan fingerprint density at radius 1 is 1.09 bits per heavy atom. The minimum atomic E-state index is -4.58. The number of aromatic nitrogens is 1. The van der Waals surface area contributed by atoms with Gasteiger partial charge in [0.2, 0.25) is 0 Å². The monoisotopic (exact) mass is 444 g/mol. The van der Waals surface area contributed by atoms with Gasteiger partial charge in [-0.15, -0.1) is 0 Å². The summed E-state index contributed by atoms with van der Waals surface area (Å²) in [6, 6.07) is 12.8. The third-order valence-corrected chi connectivity index (χ3v) is 4.57. The van der Waals surface area contributed by atoms with E-state index in [1.54, 1.807) is 49.6 Å². The Kier molecular flexibility index (Phi) is 6.77. The number of carboxylic acid groups (broad SMARTS) is 1. The topological polar surface area (TPSA) is 79.7 Å². The number of rotatable bonds is 7. The molecule has 6 nitrogen and oxygen atoms in total. The highest BCUT2D eigenvalue weighted by atomic mass is 19.4. The van der Waals surface area contributed by atoms with Gasteiger partial charge in [0.25, 0.3) is 5.91 Å². The fourth-order valence-corrected chi connectivity index (χ4v) is 3.09. The van der Waals surface area contributed by atoms with Crippen molar-refractivity contribution >= 4 is 11.9 Å². The number of pyridine rings is 1. The summed E-state index contributed by atoms with van der Waals surface area (Å²) in [4.78, 5) is 28.8. The van der Waals surface area contributed by atoms with E-state index in [0.29, 0.717) is 16.7 Å². The molecule has 3 rings (SSSR count). The summed E-state index contributed by atoms with van der Waals surface area (Å²) < 4.78 is 44.9. The minimum absolute atomic E-state index is 0.0114. The Morgan fingerprint density at radius 3 is 2.53 bits per heavy atom. The van der Waals surface area contributed by atoms with Gasteiger partial charge >= 0.3 is 12.1 Å². The number of hydrogen-bond acceptors (Lipinski definition) is 4. The molecule has 0 saturated carbocycles. The van der Waals surface area contributed by atoms with Crippen molar-refractivity contribution in [1.29, 1.82) is 0 Å². The van der Waals surface area contributed by atoms with Crippen LogP contribution in [-0.4, -0.2) is 40.5 Å². The normalized spacial score (nSPS) is 11.1. The SMILES string of the molecule is CN(Cc1cccc(-c2cc(C(F)(F)F)ccc2OCC(=O)O)c1)C(=O)c1cccnc1. The molecule has 1 aromatic heterocycles. The molecule has 0 aliphatic heterocycles. The minimum Gasteiger partial charge on any atom is -0.481 e. The molecule has 0 aliphatic carbocycles. The maximum absolute atomic E-state index is 13.2. The summed E-state index contributed by atoms with van der Waals surface area (Å²) in [6.45, 7) is -0.494. The zero-order chi connectivity index (χ0) is 23.3. The smallest absolute Gasteiger partial charge is 0.416 e. The molecule has 166 valence electrons. The zero-order valence-corrected chi connectivity index (χ0v) is 17.0. The number of carbonyl (C=O) groups excluding carboxylic acids is 1. The first-order valence-corrected chi connectivity index (χ1v) is 9.46. The number of carbonyl (C=O) groups is 2. The van der Waals surface area contributed by atoms with E-state index in [-0.39, 0.29) is 23.8 Å². The van der Waals surface area contributed by atoms with E-state index < -0.39 is 24.3 Å². The lowest BCUT2D eigenvalue weighted by Gasteiger charge is -2.18. The highest BCUT2D eigenvalue weighted by Gasteiger charge is 2.31. The van der Waals surface area contributed by atoms with Crippen LogP contribution in [0.2, 0.25) is 0 Å². The van der Waals surface area contributed by atoms with Gasteiger partial charge in [-0.1, -0.05) is 18.2 Å². The number of alkyl halides is 3. The standard InChI is InChI=1S/C23H19F3N2O4/c1-28(22(31)17-6-3-9-27-12-17)13-15-4-2-5-16(10-15)19-11-18(23(24,25)26)7-8-20(19)32-14-21(29)30/h2-12H,13-14H2,1H3,(H,29,30). The first-order valence-electron chi connectivity index (χ1n) is 9.46. The number of hydrogen-bond donors (Lipinski definition) is 1. The lowest BCUT2D eigenvalue weighted by Crippen LogP contribution is -2.26. The average molecular weight is 444 g/mol. The molecule has 0 unspecified atom stereocenters. The third-order valence-electron chi connectivity index (χ3n) is 4.57. The molecule has 1 heterocycles. The molecule has 0 saturated heterocycles. The van der Waals surface area contributed by atoms with E-state index in [1.165, 1.54) is 11.1 Å². The van der Waals surface area contributed by atoms with Crippen LogP contribution in [-0.2, 0) is 17.5 Å². The van der Waals surface area contributed by atoms with Gasteiger partial charge in [0.1, 0.15) is 5.75 Å². The summed E-state index contributed by atoms with van der Waals surface area (Å²) >= 11 is 0. The van der Waals surface area contributed by atoms with Crippen LogP contribution in [0.1, 0.15) is 21.5 Å². The second kappa shape index (κ2) is 9.51. The van der Waals surface area contributed by atoms with Crippen molar-refractivity contribution < 1.29 is 32.6 Å². The van der Waals surface area contributed by atoms with Crippen LogP contribution >= 0.6 is 0 Å². The average Bonchev–Trinajstić information content (AvgIpc) is 2.77. The number of ether oxygens (including phenoxy) is 1. The lowest BCUT2D eigenvalue weighted by molar-refractivity contribution is -0.140. The molecular weight excluding hydrogens is 425 g/mol. The van der Waals surface area contributed by atoms with Gasteiger partial charge in [-0.05, 0) is 47.5 Å². The fraction of sp³-hybridized carbons (Fsp3) is 0.174. The largest absolute Gasteiger partial charge is 0.481 e. The molecule has 0 fully saturated rings. The summed E-state index contributed by atoms with van der Waals surface area (Å²) in [6.07, 6.45) is -1.57. The van der Waals surface area contributed by atoms with Crippen molar-refractivity contribution in [2.75, 3.05) is 13.7 Å². The molecule has 0 radical (unpaired) electrons. The van der Waals surface area contributed by atoms with Crippen molar-refractivity contribution in [2.45, 2.75) is 12.7 Å². The van der Waals surface area contributed by atoms with E-state index in [2.05, 4.69) is 4.98 Å². The maximum atomic E-state index is 13.2. The Hall–Kier alpha value is -3.88. The molecule has 2 aromatic carbocycles. The summed E-state index contributed by atoms with van der Waals surface area (Å²) in [7, 11) is 1.60. The molecule has 0 bridgehead atoms. The molecule has 1 N–H and O–H groups in total. The first kappa shape index (κ1) is 22.8. The van der Waals surface area contributed by atoms with Gasteiger partial charge in [-0.25, -0.2) is 4.79 Å². The van der Waals surface area contributed by atoms with Crippen LogP contribution in [0.5, 0.6) is 5.75 Å².